The van der Waals surface area contributed by atoms with E-state index in [0.717, 1.165) is 12.1 Å². The van der Waals surface area contributed by atoms with E-state index >= 15 is 0 Å². The fourth-order valence-corrected chi connectivity index (χ4v) is 2.78. The van der Waals surface area contributed by atoms with E-state index in [1.165, 1.54) is 0 Å². The lowest BCUT2D eigenvalue weighted by atomic mass is 10.1. The molecular weight excluding hydrogens is 256 g/mol. The minimum Gasteiger partial charge on any atom is -0.298 e. The predicted octanol–water partition coefficient (Wildman–Crippen LogP) is 3.32. The first-order chi connectivity index (χ1) is 9.10. The topological polar surface area (TPSA) is 44.1 Å². The molecule has 0 aliphatic rings. The first kappa shape index (κ1) is 15.6. The number of thioether (sulfide) groups is 1. The van der Waals surface area contributed by atoms with Crippen LogP contribution >= 0.6 is 11.8 Å². The van der Waals surface area contributed by atoms with E-state index in [2.05, 4.69) is 19.9 Å². The summed E-state index contributed by atoms with van der Waals surface area (Å²) < 4.78 is 0. The lowest BCUT2D eigenvalue weighted by Gasteiger charge is -2.25. The Hall–Kier alpha value is -1.47. The highest BCUT2D eigenvalue weighted by Crippen LogP contribution is 2.22. The van der Waals surface area contributed by atoms with Crippen molar-refractivity contribution in [1.29, 1.82) is 5.26 Å². The predicted molar refractivity (Wildman–Crippen MR) is 81.2 cm³/mol. The minimum atomic E-state index is -0.0893. The summed E-state index contributed by atoms with van der Waals surface area (Å²) in [5, 5.41) is 8.84. The molecule has 0 bridgehead atoms. The highest BCUT2D eigenvalue weighted by Gasteiger charge is 2.25. The maximum absolute atomic E-state index is 12.6. The zero-order valence-electron chi connectivity index (χ0n) is 11.7. The molecule has 19 heavy (non-hydrogen) atoms. The summed E-state index contributed by atoms with van der Waals surface area (Å²) in [6.45, 7) is 4.30. The summed E-state index contributed by atoms with van der Waals surface area (Å²) in [5.41, 5.74) is 0.789. The van der Waals surface area contributed by atoms with Gasteiger partial charge in [0.1, 0.15) is 6.54 Å². The lowest BCUT2D eigenvalue weighted by Crippen LogP contribution is -2.38. The zero-order valence-corrected chi connectivity index (χ0v) is 12.5. The number of amides is 1. The molecule has 4 heteroatoms. The van der Waals surface area contributed by atoms with Crippen LogP contribution in [0.3, 0.4) is 0 Å². The Morgan fingerprint density at radius 2 is 2.00 bits per heavy atom. The van der Waals surface area contributed by atoms with E-state index in [9.17, 15) is 4.79 Å². The molecule has 0 saturated heterocycles. The number of hydrogen-bond acceptors (Lipinski definition) is 3. The molecule has 1 unspecified atom stereocenters. The maximum Gasteiger partial charge on any atom is 0.241 e. The van der Waals surface area contributed by atoms with Crippen LogP contribution < -0.4 is 4.90 Å². The van der Waals surface area contributed by atoms with Gasteiger partial charge in [0.05, 0.1) is 11.3 Å². The van der Waals surface area contributed by atoms with Gasteiger partial charge in [0.15, 0.2) is 0 Å². The second kappa shape index (κ2) is 7.85. The molecule has 0 aliphatic carbocycles. The Kier molecular flexibility index (Phi) is 6.44. The van der Waals surface area contributed by atoms with Gasteiger partial charge in [-0.2, -0.15) is 17.0 Å². The number of carbonyl (C=O) groups excluding carboxylic acids is 1. The van der Waals surface area contributed by atoms with Gasteiger partial charge >= 0.3 is 0 Å². The monoisotopic (exact) mass is 276 g/mol. The van der Waals surface area contributed by atoms with Gasteiger partial charge in [-0.25, -0.2) is 0 Å². The second-order valence-electron chi connectivity index (χ2n) is 4.77. The Morgan fingerprint density at radius 3 is 2.47 bits per heavy atom. The molecule has 3 nitrogen and oxygen atoms in total. The van der Waals surface area contributed by atoms with Crippen molar-refractivity contribution in [3.8, 4) is 6.07 Å². The van der Waals surface area contributed by atoms with Crippen LogP contribution in [0.4, 0.5) is 5.69 Å². The largest absolute Gasteiger partial charge is 0.298 e. The van der Waals surface area contributed by atoms with Crippen LogP contribution in [-0.4, -0.2) is 24.0 Å². The molecule has 0 radical (unpaired) electrons. The Balaban J connectivity index is 2.93. The van der Waals surface area contributed by atoms with Gasteiger partial charge in [0.2, 0.25) is 5.91 Å². The van der Waals surface area contributed by atoms with Crippen LogP contribution in [0.5, 0.6) is 0 Å². The minimum absolute atomic E-state index is 0.0222. The number of nitriles is 1. The van der Waals surface area contributed by atoms with Crippen LogP contribution in [0.25, 0.3) is 0 Å². The quantitative estimate of drug-likeness (QED) is 0.749. The van der Waals surface area contributed by atoms with Crippen molar-refractivity contribution in [2.45, 2.75) is 25.5 Å². The van der Waals surface area contributed by atoms with Crippen molar-refractivity contribution in [3.63, 3.8) is 0 Å². The molecule has 1 rings (SSSR count). The molecule has 0 fully saturated rings. The third-order valence-electron chi connectivity index (χ3n) is 2.81. The highest BCUT2D eigenvalue weighted by molar-refractivity contribution is 7.99. The van der Waals surface area contributed by atoms with E-state index < -0.39 is 0 Å². The smallest absolute Gasteiger partial charge is 0.241 e. The molecular formula is C15H20N2OS. The van der Waals surface area contributed by atoms with Crippen LogP contribution in [0, 0.1) is 17.2 Å². The molecule has 0 N–H and O–H groups in total. The van der Waals surface area contributed by atoms with Crippen molar-refractivity contribution in [2.24, 2.45) is 5.92 Å². The highest BCUT2D eigenvalue weighted by atomic mass is 32.2. The Labute approximate surface area is 119 Å². The molecule has 0 saturated carbocycles. The van der Waals surface area contributed by atoms with Gasteiger partial charge < -0.3 is 0 Å². The van der Waals surface area contributed by atoms with Crippen LogP contribution in [0.2, 0.25) is 0 Å². The van der Waals surface area contributed by atoms with Gasteiger partial charge in [0, 0.05) is 5.69 Å². The van der Waals surface area contributed by atoms with E-state index in [1.54, 1.807) is 16.7 Å². The number of nitrogens with zero attached hydrogens (tertiary/aromatic N) is 2. The fourth-order valence-electron chi connectivity index (χ4n) is 1.87. The first-order valence-electron chi connectivity index (χ1n) is 6.36. The normalized spacial score (nSPS) is 11.9. The lowest BCUT2D eigenvalue weighted by molar-refractivity contribution is -0.118. The standard InChI is InChI=1S/C15H20N2OS/c1-12(2)11-14(19-3)15(18)17(10-9-16)13-7-5-4-6-8-13/h4-8,12,14H,10-11H2,1-3H3. The van der Waals surface area contributed by atoms with Crippen LogP contribution in [-0.2, 0) is 4.79 Å². The summed E-state index contributed by atoms with van der Waals surface area (Å²) in [7, 11) is 0. The van der Waals surface area contributed by atoms with Crippen LogP contribution in [0.15, 0.2) is 30.3 Å². The van der Waals surface area contributed by atoms with Crippen LogP contribution in [0.1, 0.15) is 20.3 Å². The average molecular weight is 276 g/mol. The number of benzene rings is 1. The third-order valence-corrected chi connectivity index (χ3v) is 3.77. The Bertz CT molecular complexity index is 439. The number of anilines is 1. The molecule has 1 aromatic rings. The Morgan fingerprint density at radius 1 is 1.37 bits per heavy atom. The van der Waals surface area contributed by atoms with Crippen molar-refractivity contribution in [1.82, 2.24) is 0 Å². The summed E-state index contributed by atoms with van der Waals surface area (Å²) in [5.74, 6) is 0.482. The second-order valence-corrected chi connectivity index (χ2v) is 5.81. The van der Waals surface area contributed by atoms with Crippen molar-refractivity contribution >= 4 is 23.4 Å². The number of hydrogen-bond donors (Lipinski definition) is 0. The third kappa shape index (κ3) is 4.60. The maximum atomic E-state index is 12.6. The summed E-state index contributed by atoms with van der Waals surface area (Å²) in [4.78, 5) is 14.1. The summed E-state index contributed by atoms with van der Waals surface area (Å²) >= 11 is 1.55. The van der Waals surface area contributed by atoms with Crippen molar-refractivity contribution in [3.05, 3.63) is 30.3 Å². The zero-order chi connectivity index (χ0) is 14.3. The molecule has 1 atom stereocenters. The molecule has 0 heterocycles. The van der Waals surface area contributed by atoms with Gasteiger partial charge in [-0.05, 0) is 30.7 Å². The van der Waals surface area contributed by atoms with Crippen molar-refractivity contribution < 1.29 is 4.79 Å². The number of rotatable bonds is 6. The summed E-state index contributed by atoms with van der Waals surface area (Å²) in [6, 6.07) is 11.5. The molecule has 0 aliphatic heterocycles. The first-order valence-corrected chi connectivity index (χ1v) is 7.65. The van der Waals surface area contributed by atoms with E-state index in [-0.39, 0.29) is 17.7 Å². The van der Waals surface area contributed by atoms with E-state index in [1.807, 2.05) is 36.6 Å². The molecule has 102 valence electrons. The molecule has 1 amide bonds. The van der Waals surface area contributed by atoms with E-state index in [4.69, 9.17) is 5.26 Å². The SMILES string of the molecule is CSC(CC(C)C)C(=O)N(CC#N)c1ccccc1. The van der Waals surface area contributed by atoms with Gasteiger partial charge in [-0.3, -0.25) is 9.69 Å². The van der Waals surface area contributed by atoms with Gasteiger partial charge in [0.25, 0.3) is 0 Å². The summed E-state index contributed by atoms with van der Waals surface area (Å²) in [6.07, 6.45) is 2.77. The van der Waals surface area contributed by atoms with E-state index in [0.29, 0.717) is 5.92 Å². The van der Waals surface area contributed by atoms with Crippen molar-refractivity contribution in [2.75, 3.05) is 17.7 Å². The average Bonchev–Trinajstić information content (AvgIpc) is 2.42. The molecule has 1 aromatic carbocycles. The van der Waals surface area contributed by atoms with Gasteiger partial charge in [-0.15, -0.1) is 0 Å². The fraction of sp³-hybridized carbons (Fsp3) is 0.467. The number of para-hydroxylation sites is 1. The number of carbonyl (C=O) groups is 1. The molecule has 0 spiro atoms. The van der Waals surface area contributed by atoms with Gasteiger partial charge in [-0.1, -0.05) is 32.0 Å². The molecule has 0 aromatic heterocycles.